The van der Waals surface area contributed by atoms with Gasteiger partial charge in [-0.1, -0.05) is 6.42 Å². The van der Waals surface area contributed by atoms with Crippen LogP contribution in [-0.2, 0) is 4.79 Å². The van der Waals surface area contributed by atoms with E-state index in [-0.39, 0.29) is 0 Å². The minimum Gasteiger partial charge on any atom is -0.366 e. The first-order valence-electron chi connectivity index (χ1n) is 4.03. The summed E-state index contributed by atoms with van der Waals surface area (Å²) in [5.74, 6) is -0.400. The highest BCUT2D eigenvalue weighted by molar-refractivity contribution is 5.85. The van der Waals surface area contributed by atoms with E-state index in [1.165, 1.54) is 30.9 Å². The topological polar surface area (TPSA) is 43.1 Å². The van der Waals surface area contributed by atoms with Crippen LogP contribution in [0, 0.1) is 0 Å². The van der Waals surface area contributed by atoms with Crippen LogP contribution in [-0.4, -0.2) is 5.91 Å². The summed E-state index contributed by atoms with van der Waals surface area (Å²) in [7, 11) is 0. The van der Waals surface area contributed by atoms with E-state index < -0.39 is 5.91 Å². The lowest BCUT2D eigenvalue weighted by Crippen LogP contribution is -2.05. The largest absolute Gasteiger partial charge is 0.366 e. The maximum atomic E-state index is 10.3. The van der Waals surface area contributed by atoms with Crippen LogP contribution in [0.15, 0.2) is 17.4 Å². The van der Waals surface area contributed by atoms with Crippen molar-refractivity contribution >= 4 is 5.91 Å². The van der Waals surface area contributed by atoms with Gasteiger partial charge in [-0.2, -0.15) is 0 Å². The minimum absolute atomic E-state index is 0.400. The van der Waals surface area contributed by atoms with Gasteiger partial charge in [0.05, 0.1) is 0 Å². The van der Waals surface area contributed by atoms with E-state index in [0.29, 0.717) is 0 Å². The summed E-state index contributed by atoms with van der Waals surface area (Å²) in [5, 5.41) is 0. The Labute approximate surface area is 66.8 Å². The lowest BCUT2D eigenvalue weighted by Gasteiger charge is -2.09. The number of nitrogens with two attached hydrogens (primary N) is 1. The summed E-state index contributed by atoms with van der Waals surface area (Å²) in [4.78, 5) is 10.3. The lowest BCUT2D eigenvalue weighted by atomic mass is 9.96. The number of hydrogen-bond donors (Lipinski definition) is 1. The van der Waals surface area contributed by atoms with Crippen LogP contribution in [0.1, 0.15) is 32.1 Å². The van der Waals surface area contributed by atoms with Crippen molar-refractivity contribution in [2.45, 2.75) is 32.1 Å². The van der Waals surface area contributed by atoms with Crippen LogP contribution < -0.4 is 5.73 Å². The Hall–Kier alpha value is -1.01. The van der Waals surface area contributed by atoms with Gasteiger partial charge < -0.3 is 5.73 Å². The summed E-state index contributed by atoms with van der Waals surface area (Å²) >= 11 is 0. The van der Waals surface area contributed by atoms with Crippen molar-refractivity contribution in [3.63, 3.8) is 0 Å². The molecule has 0 spiro atoms. The third-order valence-electron chi connectivity index (χ3n) is 1.88. The molecule has 0 atom stereocenters. The van der Waals surface area contributed by atoms with E-state index in [4.69, 9.17) is 5.73 Å². The van der Waals surface area contributed by atoms with Gasteiger partial charge in [-0.15, -0.1) is 5.73 Å². The molecule has 1 fully saturated rings. The average molecular weight is 151 g/mol. The van der Waals surface area contributed by atoms with Gasteiger partial charge in [0, 0.05) is 6.08 Å². The first kappa shape index (κ1) is 8.09. The fourth-order valence-corrected chi connectivity index (χ4v) is 1.30. The molecule has 1 aliphatic rings. The maximum Gasteiger partial charge on any atom is 0.249 e. The van der Waals surface area contributed by atoms with Crippen molar-refractivity contribution in [1.29, 1.82) is 0 Å². The highest BCUT2D eigenvalue weighted by atomic mass is 16.1. The molecule has 60 valence electrons. The molecule has 0 heterocycles. The van der Waals surface area contributed by atoms with Crippen molar-refractivity contribution in [3.05, 3.63) is 17.4 Å². The third-order valence-corrected chi connectivity index (χ3v) is 1.88. The standard InChI is InChI=1S/C9H13NO/c10-9(11)7-6-8-4-2-1-3-5-8/h7H,1-5H2,(H2,10,11). The van der Waals surface area contributed by atoms with E-state index >= 15 is 0 Å². The first-order valence-corrected chi connectivity index (χ1v) is 4.03. The van der Waals surface area contributed by atoms with Crippen LogP contribution in [0.2, 0.25) is 0 Å². The van der Waals surface area contributed by atoms with E-state index in [9.17, 15) is 4.79 Å². The van der Waals surface area contributed by atoms with E-state index in [0.717, 1.165) is 12.8 Å². The molecule has 1 rings (SSSR count). The summed E-state index contributed by atoms with van der Waals surface area (Å²) in [5.41, 5.74) is 9.12. The van der Waals surface area contributed by atoms with Crippen molar-refractivity contribution in [3.8, 4) is 0 Å². The molecule has 11 heavy (non-hydrogen) atoms. The molecular formula is C9H13NO. The van der Waals surface area contributed by atoms with Gasteiger partial charge in [-0.05, 0) is 31.3 Å². The van der Waals surface area contributed by atoms with Crippen LogP contribution >= 0.6 is 0 Å². The number of amides is 1. The van der Waals surface area contributed by atoms with Gasteiger partial charge in [-0.3, -0.25) is 4.79 Å². The Balaban J connectivity index is 2.56. The molecule has 0 radical (unpaired) electrons. The van der Waals surface area contributed by atoms with Gasteiger partial charge >= 0.3 is 0 Å². The Morgan fingerprint density at radius 2 is 2.00 bits per heavy atom. The predicted molar refractivity (Wildman–Crippen MR) is 43.9 cm³/mol. The van der Waals surface area contributed by atoms with Gasteiger partial charge in [0.15, 0.2) is 0 Å². The molecule has 0 aromatic carbocycles. The number of primary amides is 1. The molecule has 0 unspecified atom stereocenters. The molecule has 2 N–H and O–H groups in total. The SMILES string of the molecule is NC(=O)C=C=C1CCCCC1. The normalized spacial score (nSPS) is 17.3. The van der Waals surface area contributed by atoms with E-state index in [1.54, 1.807) is 0 Å². The second-order valence-corrected chi connectivity index (χ2v) is 2.86. The first-order chi connectivity index (χ1) is 5.29. The Morgan fingerprint density at radius 3 is 2.55 bits per heavy atom. The predicted octanol–water partition coefficient (Wildman–Crippen LogP) is 1.52. The van der Waals surface area contributed by atoms with Crippen molar-refractivity contribution in [1.82, 2.24) is 0 Å². The molecule has 0 bridgehead atoms. The summed E-state index contributed by atoms with van der Waals surface area (Å²) < 4.78 is 0. The molecule has 1 amide bonds. The number of carbonyl (C=O) groups is 1. The second kappa shape index (κ2) is 3.99. The zero-order valence-corrected chi connectivity index (χ0v) is 6.60. The van der Waals surface area contributed by atoms with Crippen LogP contribution in [0.4, 0.5) is 0 Å². The minimum atomic E-state index is -0.400. The van der Waals surface area contributed by atoms with Crippen LogP contribution in [0.3, 0.4) is 0 Å². The number of carbonyl (C=O) groups excluding carboxylic acids is 1. The fourth-order valence-electron chi connectivity index (χ4n) is 1.30. The summed E-state index contributed by atoms with van der Waals surface area (Å²) in [6.07, 6.45) is 7.28. The van der Waals surface area contributed by atoms with Crippen molar-refractivity contribution < 1.29 is 4.79 Å². The van der Waals surface area contributed by atoms with Gasteiger partial charge in [0.1, 0.15) is 0 Å². The van der Waals surface area contributed by atoms with Gasteiger partial charge in [0.2, 0.25) is 5.91 Å². The van der Waals surface area contributed by atoms with Crippen LogP contribution in [0.5, 0.6) is 0 Å². The van der Waals surface area contributed by atoms with Gasteiger partial charge in [0.25, 0.3) is 0 Å². The average Bonchev–Trinajstić information content (AvgIpc) is 2.03. The Morgan fingerprint density at radius 1 is 1.36 bits per heavy atom. The third kappa shape index (κ3) is 3.06. The van der Waals surface area contributed by atoms with E-state index in [2.05, 4.69) is 5.73 Å². The highest BCUT2D eigenvalue weighted by Gasteiger charge is 2.03. The maximum absolute atomic E-state index is 10.3. The molecule has 1 aliphatic carbocycles. The van der Waals surface area contributed by atoms with Crippen molar-refractivity contribution in [2.75, 3.05) is 0 Å². The molecule has 0 aliphatic heterocycles. The Bertz CT molecular complexity index is 204. The molecular weight excluding hydrogens is 138 g/mol. The van der Waals surface area contributed by atoms with Gasteiger partial charge in [-0.25, -0.2) is 0 Å². The monoisotopic (exact) mass is 151 g/mol. The molecule has 2 heteroatoms. The van der Waals surface area contributed by atoms with Crippen LogP contribution in [0.25, 0.3) is 0 Å². The molecule has 0 aromatic rings. The molecule has 0 saturated heterocycles. The summed E-state index contributed by atoms with van der Waals surface area (Å²) in [6, 6.07) is 0. The summed E-state index contributed by atoms with van der Waals surface area (Å²) in [6.45, 7) is 0. The second-order valence-electron chi connectivity index (χ2n) is 2.86. The molecule has 0 aromatic heterocycles. The quantitative estimate of drug-likeness (QED) is 0.448. The zero-order valence-electron chi connectivity index (χ0n) is 6.60. The molecule has 2 nitrogen and oxygen atoms in total. The molecule has 1 saturated carbocycles. The Kier molecular flexibility index (Phi) is 2.94. The fraction of sp³-hybridized carbons (Fsp3) is 0.556. The zero-order chi connectivity index (χ0) is 8.10. The highest BCUT2D eigenvalue weighted by Crippen LogP contribution is 2.21. The number of rotatable bonds is 1. The smallest absolute Gasteiger partial charge is 0.249 e. The lowest BCUT2D eigenvalue weighted by molar-refractivity contribution is -0.113. The van der Waals surface area contributed by atoms with Crippen molar-refractivity contribution in [2.24, 2.45) is 5.73 Å². The number of hydrogen-bond acceptors (Lipinski definition) is 1. The van der Waals surface area contributed by atoms with E-state index in [1.807, 2.05) is 0 Å².